The van der Waals surface area contributed by atoms with Crippen LogP contribution >= 0.6 is 0 Å². The Kier molecular flexibility index (Phi) is 4.84. The lowest BCUT2D eigenvalue weighted by Gasteiger charge is -2.05. The third kappa shape index (κ3) is 3.71. The summed E-state index contributed by atoms with van der Waals surface area (Å²) in [6, 6.07) is 7.23. The highest BCUT2D eigenvalue weighted by Crippen LogP contribution is 2.39. The Morgan fingerprint density at radius 3 is 2.17 bits per heavy atom. The van der Waals surface area contributed by atoms with Gasteiger partial charge in [0.2, 0.25) is 0 Å². The molecular formula is C27H17N5O3. The minimum absolute atomic E-state index is 0.152. The summed E-state index contributed by atoms with van der Waals surface area (Å²) in [6.07, 6.45) is 13.7. The van der Waals surface area contributed by atoms with Crippen LogP contribution in [0.4, 0.5) is 0 Å². The van der Waals surface area contributed by atoms with Gasteiger partial charge in [-0.2, -0.15) is 0 Å². The molecule has 6 rings (SSSR count). The molecule has 0 fully saturated rings. The molecule has 0 unspecified atom stereocenters. The number of nitrogens with one attached hydrogen (secondary N) is 1. The fraction of sp³-hybridized carbons (Fsp3) is 0.0741. The van der Waals surface area contributed by atoms with Gasteiger partial charge in [-0.05, 0) is 59.2 Å². The first-order chi connectivity index (χ1) is 17.1. The zero-order valence-electron chi connectivity index (χ0n) is 18.4. The summed E-state index contributed by atoms with van der Waals surface area (Å²) in [6.45, 7) is 0. The molecule has 0 aromatic carbocycles. The number of rotatable bonds is 0. The lowest BCUT2D eigenvalue weighted by atomic mass is 10.0. The van der Waals surface area contributed by atoms with Crippen LogP contribution in [0.25, 0.3) is 11.1 Å². The van der Waals surface area contributed by atoms with E-state index in [0.717, 1.165) is 11.3 Å². The maximum absolute atomic E-state index is 12.9. The molecule has 8 nitrogen and oxygen atoms in total. The van der Waals surface area contributed by atoms with E-state index < -0.39 is 11.8 Å². The Labute approximate surface area is 198 Å². The van der Waals surface area contributed by atoms with Gasteiger partial charge in [-0.15, -0.1) is 0 Å². The van der Waals surface area contributed by atoms with Gasteiger partial charge in [0.1, 0.15) is 0 Å². The van der Waals surface area contributed by atoms with Crippen molar-refractivity contribution in [1.82, 2.24) is 15.3 Å². The molecular weight excluding hydrogens is 442 g/mol. The minimum Gasteiger partial charge on any atom is -0.290 e. The van der Waals surface area contributed by atoms with Crippen LogP contribution in [0.15, 0.2) is 106 Å². The number of pyridine rings is 2. The van der Waals surface area contributed by atoms with Crippen LogP contribution in [-0.4, -0.2) is 27.6 Å². The Bertz CT molecular complexity index is 1770. The molecule has 2 aliphatic heterocycles. The zero-order chi connectivity index (χ0) is 23.9. The van der Waals surface area contributed by atoms with E-state index in [4.69, 9.17) is 4.99 Å². The Morgan fingerprint density at radius 2 is 1.43 bits per heavy atom. The van der Waals surface area contributed by atoms with E-state index in [0.29, 0.717) is 56.5 Å². The van der Waals surface area contributed by atoms with Gasteiger partial charge in [-0.3, -0.25) is 19.7 Å². The molecule has 4 heterocycles. The Hall–Kier alpha value is -4.85. The number of ketones is 1. The highest BCUT2D eigenvalue weighted by atomic mass is 16.2. The second-order valence-electron chi connectivity index (χ2n) is 8.24. The summed E-state index contributed by atoms with van der Waals surface area (Å²) in [7, 11) is 0. The lowest BCUT2D eigenvalue weighted by Crippen LogP contribution is -2.34. The molecule has 2 aromatic rings. The summed E-state index contributed by atoms with van der Waals surface area (Å²) < 4.78 is 0. The minimum atomic E-state index is -0.438. The van der Waals surface area contributed by atoms with Crippen LogP contribution in [-0.2, 0) is 14.4 Å². The van der Waals surface area contributed by atoms with Crippen molar-refractivity contribution >= 4 is 28.7 Å². The van der Waals surface area contributed by atoms with Gasteiger partial charge in [-0.1, -0.05) is 12.2 Å². The molecule has 8 heteroatoms. The number of allylic oxidation sites excluding steroid dienone is 7. The molecule has 168 valence electrons. The molecule has 2 aliphatic carbocycles. The van der Waals surface area contributed by atoms with Gasteiger partial charge in [0.05, 0.1) is 16.8 Å². The first-order valence-corrected chi connectivity index (χ1v) is 11.0. The van der Waals surface area contributed by atoms with Gasteiger partial charge in [0.25, 0.3) is 11.8 Å². The largest absolute Gasteiger partial charge is 0.290 e. The van der Waals surface area contributed by atoms with E-state index in [-0.39, 0.29) is 5.78 Å². The number of carbonyl (C=O) groups excluding carboxylic acids is 3. The molecule has 2 aromatic heterocycles. The molecule has 0 saturated heterocycles. The van der Waals surface area contributed by atoms with Crippen molar-refractivity contribution in [1.29, 1.82) is 0 Å². The molecule has 0 atom stereocenters. The second-order valence-corrected chi connectivity index (χ2v) is 8.24. The highest BCUT2D eigenvalue weighted by Gasteiger charge is 2.40. The third-order valence-corrected chi connectivity index (χ3v) is 6.06. The Morgan fingerprint density at radius 1 is 0.743 bits per heavy atom. The van der Waals surface area contributed by atoms with Crippen LogP contribution in [0.1, 0.15) is 12.8 Å². The fourth-order valence-electron chi connectivity index (χ4n) is 4.38. The number of aromatic nitrogens is 2. The van der Waals surface area contributed by atoms with Crippen LogP contribution < -0.4 is 26.7 Å². The average molecular weight is 459 g/mol. The predicted octanol–water partition coefficient (Wildman–Crippen LogP) is -0.0593. The standard InChI is InChI=1S/C27H17N5O3/c33-16-5-1-2-10-28-24-17(6-3-11-29-24)19-14-20(23-22(19)26(34)32-27(23)35)18-7-4-12-30-25(18)31-21-13-15(21)8-9-16/h1-12H,13-14H2,(H,32,34,35). The smallest absolute Gasteiger partial charge is 0.259 e. The van der Waals surface area contributed by atoms with Gasteiger partial charge >= 0.3 is 0 Å². The summed E-state index contributed by atoms with van der Waals surface area (Å²) in [4.78, 5) is 55.8. The number of nitrogens with zero attached hydrogens (tertiary/aromatic N) is 4. The summed E-state index contributed by atoms with van der Waals surface area (Å²) in [5.41, 5.74) is 4.70. The molecule has 35 heavy (non-hydrogen) atoms. The number of hydrogen-bond donors (Lipinski definition) is 1. The molecule has 0 radical (unpaired) electrons. The number of fused-ring (bicyclic) bond motifs is 6. The zero-order valence-corrected chi connectivity index (χ0v) is 18.4. The van der Waals surface area contributed by atoms with Crippen LogP contribution in [0.5, 0.6) is 0 Å². The van der Waals surface area contributed by atoms with Gasteiger partial charge in [0, 0.05) is 41.9 Å². The third-order valence-electron chi connectivity index (χ3n) is 6.06. The molecule has 0 saturated carbocycles. The number of imide groups is 1. The van der Waals surface area contributed by atoms with Crippen molar-refractivity contribution in [2.75, 3.05) is 0 Å². The number of hydrogen-bond acceptors (Lipinski definition) is 7. The van der Waals surface area contributed by atoms with Crippen LogP contribution in [0.2, 0.25) is 0 Å². The van der Waals surface area contributed by atoms with Crippen LogP contribution in [0.3, 0.4) is 0 Å². The van der Waals surface area contributed by atoms with Crippen LogP contribution in [0, 0.1) is 0 Å². The number of carbonyl (C=O) groups is 3. The SMILES string of the molecule is O=C1C=CC=CN=c2ncccc2=C2CC(=c3cccnc3=NC3=C(C=C1)C3)C1=C2C(=O)NC1=O. The van der Waals surface area contributed by atoms with E-state index in [1.54, 1.807) is 42.8 Å². The fourth-order valence-corrected chi connectivity index (χ4v) is 4.38. The van der Waals surface area contributed by atoms with Gasteiger partial charge < -0.3 is 0 Å². The maximum atomic E-state index is 12.9. The highest BCUT2D eigenvalue weighted by molar-refractivity contribution is 6.33. The first-order valence-electron chi connectivity index (χ1n) is 11.0. The normalized spacial score (nSPS) is 18.8. The van der Waals surface area contributed by atoms with Gasteiger partial charge in [-0.25, -0.2) is 20.0 Å². The van der Waals surface area contributed by atoms with Crippen molar-refractivity contribution in [3.63, 3.8) is 0 Å². The van der Waals surface area contributed by atoms with Crippen molar-refractivity contribution in [3.8, 4) is 0 Å². The van der Waals surface area contributed by atoms with E-state index in [1.165, 1.54) is 18.4 Å². The summed E-state index contributed by atoms with van der Waals surface area (Å²) in [5.74, 6) is -1.02. The topological polar surface area (TPSA) is 114 Å². The molecule has 0 spiro atoms. The average Bonchev–Trinajstić information content (AvgIpc) is 3.36. The van der Waals surface area contributed by atoms with E-state index in [9.17, 15) is 14.4 Å². The quantitative estimate of drug-likeness (QED) is 0.555. The molecule has 2 amide bonds. The van der Waals surface area contributed by atoms with E-state index in [1.807, 2.05) is 12.1 Å². The van der Waals surface area contributed by atoms with Crippen molar-refractivity contribution in [2.45, 2.75) is 12.8 Å². The van der Waals surface area contributed by atoms with E-state index >= 15 is 0 Å². The van der Waals surface area contributed by atoms with Gasteiger partial charge in [0.15, 0.2) is 16.8 Å². The lowest BCUT2D eigenvalue weighted by molar-refractivity contribution is -0.124. The second kappa shape index (κ2) is 8.18. The molecule has 4 aliphatic rings. The van der Waals surface area contributed by atoms with Crippen molar-refractivity contribution in [3.05, 3.63) is 117 Å². The predicted molar refractivity (Wildman–Crippen MR) is 126 cm³/mol. The van der Waals surface area contributed by atoms with E-state index in [2.05, 4.69) is 20.3 Å². The number of amides is 2. The van der Waals surface area contributed by atoms with Crippen molar-refractivity contribution in [2.24, 2.45) is 9.98 Å². The van der Waals surface area contributed by atoms with Crippen molar-refractivity contribution < 1.29 is 14.4 Å². The molecule has 1 N–H and O–H groups in total. The monoisotopic (exact) mass is 459 g/mol. The maximum Gasteiger partial charge on any atom is 0.259 e. The Balaban J connectivity index is 1.72. The molecule has 2 bridgehead atoms. The first kappa shape index (κ1) is 20.7. The summed E-state index contributed by atoms with van der Waals surface area (Å²) in [5, 5.41) is 3.77. The summed E-state index contributed by atoms with van der Waals surface area (Å²) >= 11 is 0.